The third kappa shape index (κ3) is 3.41. The lowest BCUT2D eigenvalue weighted by molar-refractivity contribution is 0.436. The first-order valence-corrected chi connectivity index (χ1v) is 8.84. The van der Waals surface area contributed by atoms with Gasteiger partial charge < -0.3 is 9.67 Å². The van der Waals surface area contributed by atoms with Crippen molar-refractivity contribution in [3.8, 4) is 5.75 Å². The molecule has 3 nitrogen and oxygen atoms in total. The summed E-state index contributed by atoms with van der Waals surface area (Å²) in [6.45, 7) is 13.7. The second-order valence-electron chi connectivity index (χ2n) is 8.89. The van der Waals surface area contributed by atoms with Crippen molar-refractivity contribution in [3.05, 3.63) is 59.4 Å². The van der Waals surface area contributed by atoms with Crippen LogP contribution in [0.1, 0.15) is 58.2 Å². The van der Waals surface area contributed by atoms with Crippen molar-refractivity contribution in [3.63, 3.8) is 0 Å². The fourth-order valence-electron chi connectivity index (χ4n) is 3.14. The Morgan fingerprint density at radius 1 is 0.960 bits per heavy atom. The maximum absolute atomic E-state index is 11.0. The smallest absolute Gasteiger partial charge is 0.124 e. The summed E-state index contributed by atoms with van der Waals surface area (Å²) in [5.41, 5.74) is 5.16. The van der Waals surface area contributed by atoms with Crippen LogP contribution in [0.25, 0.3) is 11.0 Å². The van der Waals surface area contributed by atoms with Gasteiger partial charge in [0, 0.05) is 5.56 Å². The number of aromatic hydroxyl groups is 1. The number of benzene rings is 2. The van der Waals surface area contributed by atoms with Crippen LogP contribution in [0.4, 0.5) is 0 Å². The third-order valence-electron chi connectivity index (χ3n) is 4.73. The number of nitrogens with zero attached hydrogens (tertiary/aromatic N) is 2. The number of phenols is 1. The Kier molecular flexibility index (Phi) is 4.14. The van der Waals surface area contributed by atoms with Crippen molar-refractivity contribution >= 4 is 11.0 Å². The molecule has 1 heterocycles. The number of phenolic OH excluding ortho intramolecular Hbond substituents is 1. The number of fused-ring (bicyclic) bond motifs is 1. The molecule has 1 N–H and O–H groups in total. The second-order valence-corrected chi connectivity index (χ2v) is 8.89. The van der Waals surface area contributed by atoms with E-state index < -0.39 is 0 Å². The van der Waals surface area contributed by atoms with Crippen LogP contribution in [-0.4, -0.2) is 14.7 Å². The van der Waals surface area contributed by atoms with Crippen molar-refractivity contribution in [2.24, 2.45) is 0 Å². The summed E-state index contributed by atoms with van der Waals surface area (Å²) in [6.07, 6.45) is 1.85. The second kappa shape index (κ2) is 5.91. The Balaban J connectivity index is 2.14. The summed E-state index contributed by atoms with van der Waals surface area (Å²) >= 11 is 0. The van der Waals surface area contributed by atoms with Gasteiger partial charge in [-0.25, -0.2) is 4.98 Å². The molecule has 0 saturated heterocycles. The topological polar surface area (TPSA) is 38.0 Å². The van der Waals surface area contributed by atoms with Gasteiger partial charge in [-0.2, -0.15) is 0 Å². The molecule has 0 bridgehead atoms. The third-order valence-corrected chi connectivity index (χ3v) is 4.73. The molecule has 3 heteroatoms. The van der Waals surface area contributed by atoms with Crippen LogP contribution < -0.4 is 0 Å². The highest BCUT2D eigenvalue weighted by atomic mass is 16.3. The summed E-state index contributed by atoms with van der Waals surface area (Å²) in [6, 6.07) is 12.4. The molecule has 0 radical (unpaired) electrons. The van der Waals surface area contributed by atoms with Crippen molar-refractivity contribution in [1.29, 1.82) is 0 Å². The summed E-state index contributed by atoms with van der Waals surface area (Å²) < 4.78 is 2.10. The number of imidazole rings is 1. The summed E-state index contributed by atoms with van der Waals surface area (Å²) in [7, 11) is 0. The maximum Gasteiger partial charge on any atom is 0.124 e. The van der Waals surface area contributed by atoms with E-state index in [4.69, 9.17) is 0 Å². The van der Waals surface area contributed by atoms with Crippen molar-refractivity contribution < 1.29 is 5.11 Å². The molecule has 0 aliphatic rings. The summed E-state index contributed by atoms with van der Waals surface area (Å²) in [4.78, 5) is 4.47. The number of hydrogen-bond acceptors (Lipinski definition) is 2. The highest BCUT2D eigenvalue weighted by Crippen LogP contribution is 2.38. The largest absolute Gasteiger partial charge is 0.507 e. The zero-order valence-corrected chi connectivity index (χ0v) is 16.1. The zero-order valence-electron chi connectivity index (χ0n) is 16.1. The van der Waals surface area contributed by atoms with E-state index in [1.54, 1.807) is 0 Å². The van der Waals surface area contributed by atoms with E-state index in [2.05, 4.69) is 69.3 Å². The normalized spacial score (nSPS) is 12.7. The fraction of sp³-hybridized carbons (Fsp3) is 0.409. The minimum atomic E-state index is -0.114. The Hall–Kier alpha value is -2.29. The molecule has 25 heavy (non-hydrogen) atoms. The molecule has 132 valence electrons. The van der Waals surface area contributed by atoms with Gasteiger partial charge in [-0.3, -0.25) is 0 Å². The van der Waals surface area contributed by atoms with Gasteiger partial charge in [-0.15, -0.1) is 0 Å². The van der Waals surface area contributed by atoms with Gasteiger partial charge in [0.05, 0.1) is 23.9 Å². The van der Waals surface area contributed by atoms with Crippen LogP contribution in [0.5, 0.6) is 5.75 Å². The van der Waals surface area contributed by atoms with Gasteiger partial charge in [-0.1, -0.05) is 59.7 Å². The molecule has 3 rings (SSSR count). The van der Waals surface area contributed by atoms with Gasteiger partial charge in [-0.05, 0) is 40.2 Å². The van der Waals surface area contributed by atoms with E-state index in [1.807, 2.05) is 24.5 Å². The maximum atomic E-state index is 11.0. The van der Waals surface area contributed by atoms with Crippen LogP contribution in [-0.2, 0) is 17.4 Å². The van der Waals surface area contributed by atoms with Crippen molar-refractivity contribution in [2.75, 3.05) is 0 Å². The van der Waals surface area contributed by atoms with Crippen LogP contribution >= 0.6 is 0 Å². The standard InChI is InChI=1S/C22H28N2O/c1-21(2,3)16-11-15(20(25)17(12-16)22(4,5)6)13-24-14-23-18-9-7-8-10-19(18)24/h7-12,14,25H,13H2,1-6H3. The SMILES string of the molecule is CC(C)(C)c1cc(Cn2cnc3ccccc32)c(O)c(C(C)(C)C)c1. The molecule has 0 aliphatic carbocycles. The van der Waals surface area contributed by atoms with Crippen molar-refractivity contribution in [2.45, 2.75) is 58.9 Å². The quantitative estimate of drug-likeness (QED) is 0.682. The Morgan fingerprint density at radius 3 is 2.28 bits per heavy atom. The van der Waals surface area contributed by atoms with Gasteiger partial charge >= 0.3 is 0 Å². The fourth-order valence-corrected chi connectivity index (χ4v) is 3.14. The van der Waals surface area contributed by atoms with Crippen LogP contribution in [0.15, 0.2) is 42.7 Å². The molecule has 2 aromatic carbocycles. The van der Waals surface area contributed by atoms with E-state index >= 15 is 0 Å². The zero-order chi connectivity index (χ0) is 18.4. The van der Waals surface area contributed by atoms with E-state index in [0.717, 1.165) is 22.2 Å². The van der Waals surface area contributed by atoms with E-state index in [1.165, 1.54) is 5.56 Å². The number of aromatic nitrogens is 2. The lowest BCUT2D eigenvalue weighted by Gasteiger charge is -2.27. The van der Waals surface area contributed by atoms with Gasteiger partial charge in [0.1, 0.15) is 5.75 Å². The van der Waals surface area contributed by atoms with Gasteiger partial charge in [0.15, 0.2) is 0 Å². The Morgan fingerprint density at radius 2 is 1.64 bits per heavy atom. The first-order valence-electron chi connectivity index (χ1n) is 8.84. The molecular weight excluding hydrogens is 308 g/mol. The molecule has 0 unspecified atom stereocenters. The van der Waals surface area contributed by atoms with E-state index in [0.29, 0.717) is 12.3 Å². The molecule has 0 saturated carbocycles. The summed E-state index contributed by atoms with van der Waals surface area (Å²) in [5.74, 6) is 0.401. The number of rotatable bonds is 2. The minimum absolute atomic E-state index is 0.0272. The minimum Gasteiger partial charge on any atom is -0.507 e. The molecular formula is C22H28N2O. The van der Waals surface area contributed by atoms with Gasteiger partial charge in [0.25, 0.3) is 0 Å². The molecule has 1 aromatic heterocycles. The monoisotopic (exact) mass is 336 g/mol. The lowest BCUT2D eigenvalue weighted by atomic mass is 9.79. The van der Waals surface area contributed by atoms with E-state index in [9.17, 15) is 5.11 Å². The average Bonchev–Trinajstić information content (AvgIpc) is 2.90. The molecule has 0 spiro atoms. The summed E-state index contributed by atoms with van der Waals surface area (Å²) in [5, 5.41) is 11.0. The predicted molar refractivity (Wildman–Crippen MR) is 104 cm³/mol. The molecule has 0 aliphatic heterocycles. The Labute approximate surface area is 150 Å². The van der Waals surface area contributed by atoms with Crippen LogP contribution in [0.3, 0.4) is 0 Å². The van der Waals surface area contributed by atoms with Crippen LogP contribution in [0.2, 0.25) is 0 Å². The lowest BCUT2D eigenvalue weighted by Crippen LogP contribution is -2.18. The molecule has 0 atom stereocenters. The highest BCUT2D eigenvalue weighted by Gasteiger charge is 2.25. The predicted octanol–water partition coefficient (Wildman–Crippen LogP) is 5.39. The van der Waals surface area contributed by atoms with Crippen molar-refractivity contribution in [1.82, 2.24) is 9.55 Å². The first kappa shape index (κ1) is 17.5. The molecule has 0 amide bonds. The first-order chi connectivity index (χ1) is 11.6. The Bertz CT molecular complexity index is 908. The van der Waals surface area contributed by atoms with E-state index in [-0.39, 0.29) is 10.8 Å². The van der Waals surface area contributed by atoms with Crippen LogP contribution in [0, 0.1) is 0 Å². The number of para-hydroxylation sites is 2. The van der Waals surface area contributed by atoms with Gasteiger partial charge in [0.2, 0.25) is 0 Å². The molecule has 3 aromatic rings. The number of hydrogen-bond donors (Lipinski definition) is 1. The average molecular weight is 336 g/mol. The highest BCUT2D eigenvalue weighted by molar-refractivity contribution is 5.75. The molecule has 0 fully saturated rings.